The largest absolute Gasteiger partial charge is 0.311 e. The molecule has 1 aromatic carbocycles. The van der Waals surface area contributed by atoms with Crippen LogP contribution < -0.4 is 5.32 Å². The van der Waals surface area contributed by atoms with Gasteiger partial charge in [-0.05, 0) is 43.0 Å². The van der Waals surface area contributed by atoms with Crippen LogP contribution in [0.1, 0.15) is 31.9 Å². The molecule has 0 spiro atoms. The van der Waals surface area contributed by atoms with E-state index >= 15 is 0 Å². The summed E-state index contributed by atoms with van der Waals surface area (Å²) in [5, 5.41) is 8.18. The molecule has 106 valence electrons. The first-order valence-corrected chi connectivity index (χ1v) is 7.63. The van der Waals surface area contributed by atoms with Gasteiger partial charge in [-0.25, -0.2) is 4.68 Å². The van der Waals surface area contributed by atoms with Gasteiger partial charge in [-0.1, -0.05) is 38.0 Å². The molecule has 1 saturated carbocycles. The fourth-order valence-electron chi connectivity index (χ4n) is 3.09. The molecule has 3 heteroatoms. The van der Waals surface area contributed by atoms with Gasteiger partial charge in [-0.2, -0.15) is 5.10 Å². The highest BCUT2D eigenvalue weighted by Crippen LogP contribution is 2.30. The smallest absolute Gasteiger partial charge is 0.0766 e. The van der Waals surface area contributed by atoms with Gasteiger partial charge in [0.15, 0.2) is 0 Å². The first kappa shape index (κ1) is 13.4. The number of rotatable bonds is 5. The predicted molar refractivity (Wildman–Crippen MR) is 81.8 cm³/mol. The molecule has 1 N–H and O–H groups in total. The first-order valence-electron chi connectivity index (χ1n) is 7.63. The summed E-state index contributed by atoms with van der Waals surface area (Å²) in [4.78, 5) is 0. The minimum atomic E-state index is 0.853. The van der Waals surface area contributed by atoms with Crippen LogP contribution in [0.2, 0.25) is 0 Å². The summed E-state index contributed by atoms with van der Waals surface area (Å²) >= 11 is 0. The van der Waals surface area contributed by atoms with Crippen molar-refractivity contribution >= 4 is 0 Å². The van der Waals surface area contributed by atoms with Crippen LogP contribution in [-0.2, 0) is 6.54 Å². The summed E-state index contributed by atoms with van der Waals surface area (Å²) in [5.41, 5.74) is 2.22. The summed E-state index contributed by atoms with van der Waals surface area (Å²) in [7, 11) is 0. The Morgan fingerprint density at radius 2 is 2.05 bits per heavy atom. The second-order valence-electron chi connectivity index (χ2n) is 5.89. The highest BCUT2D eigenvalue weighted by atomic mass is 15.3. The van der Waals surface area contributed by atoms with Crippen molar-refractivity contribution in [3.63, 3.8) is 0 Å². The molecule has 1 aliphatic rings. The van der Waals surface area contributed by atoms with E-state index < -0.39 is 0 Å². The molecule has 2 atom stereocenters. The average Bonchev–Trinajstić information content (AvgIpc) is 3.10. The molecule has 3 nitrogen and oxygen atoms in total. The van der Waals surface area contributed by atoms with E-state index in [0.717, 1.165) is 36.3 Å². The minimum absolute atomic E-state index is 0.853. The molecule has 1 aromatic heterocycles. The summed E-state index contributed by atoms with van der Waals surface area (Å²) in [6, 6.07) is 12.3. The standard InChI is InChI=1S/C17H23N3/c1-14-6-5-7-15(14)12-18-13-16-10-11-20(19-16)17-8-3-2-4-9-17/h2-4,8-11,14-15,18H,5-7,12-13H2,1H3. The zero-order chi connectivity index (χ0) is 13.8. The Balaban J connectivity index is 1.53. The molecular weight excluding hydrogens is 246 g/mol. The third-order valence-corrected chi connectivity index (χ3v) is 4.42. The molecule has 0 amide bonds. The number of hydrogen-bond acceptors (Lipinski definition) is 2. The van der Waals surface area contributed by atoms with Gasteiger partial charge in [0.05, 0.1) is 11.4 Å². The molecule has 1 heterocycles. The van der Waals surface area contributed by atoms with Crippen LogP contribution in [-0.4, -0.2) is 16.3 Å². The molecule has 0 saturated heterocycles. The van der Waals surface area contributed by atoms with Crippen molar-refractivity contribution in [2.45, 2.75) is 32.7 Å². The van der Waals surface area contributed by atoms with Crippen LogP contribution in [0, 0.1) is 11.8 Å². The van der Waals surface area contributed by atoms with Crippen LogP contribution in [0.25, 0.3) is 5.69 Å². The van der Waals surface area contributed by atoms with Crippen molar-refractivity contribution in [1.29, 1.82) is 0 Å². The Labute approximate surface area is 121 Å². The molecule has 1 fully saturated rings. The molecule has 0 aliphatic heterocycles. The van der Waals surface area contributed by atoms with E-state index in [0.29, 0.717) is 0 Å². The fraction of sp³-hybridized carbons (Fsp3) is 0.471. The summed E-state index contributed by atoms with van der Waals surface area (Å²) < 4.78 is 1.94. The molecule has 2 aromatic rings. The molecule has 0 radical (unpaired) electrons. The van der Waals surface area contributed by atoms with Crippen molar-refractivity contribution in [1.82, 2.24) is 15.1 Å². The number of nitrogens with one attached hydrogen (secondary N) is 1. The highest BCUT2D eigenvalue weighted by molar-refractivity contribution is 5.30. The third-order valence-electron chi connectivity index (χ3n) is 4.42. The lowest BCUT2D eigenvalue weighted by Gasteiger charge is -2.15. The van der Waals surface area contributed by atoms with Gasteiger partial charge in [-0.15, -0.1) is 0 Å². The van der Waals surface area contributed by atoms with E-state index in [9.17, 15) is 0 Å². The zero-order valence-corrected chi connectivity index (χ0v) is 12.1. The second-order valence-corrected chi connectivity index (χ2v) is 5.89. The molecule has 1 aliphatic carbocycles. The lowest BCUT2D eigenvalue weighted by Crippen LogP contribution is -2.24. The maximum absolute atomic E-state index is 4.62. The molecule has 2 unspecified atom stereocenters. The van der Waals surface area contributed by atoms with E-state index in [1.165, 1.54) is 19.3 Å². The van der Waals surface area contributed by atoms with Crippen LogP contribution in [0.5, 0.6) is 0 Å². The van der Waals surface area contributed by atoms with Gasteiger partial charge in [0, 0.05) is 12.7 Å². The van der Waals surface area contributed by atoms with Crippen molar-refractivity contribution in [3.05, 3.63) is 48.3 Å². The van der Waals surface area contributed by atoms with E-state index in [1.54, 1.807) is 0 Å². The predicted octanol–water partition coefficient (Wildman–Crippen LogP) is 3.40. The van der Waals surface area contributed by atoms with Gasteiger partial charge in [0.1, 0.15) is 0 Å². The second kappa shape index (κ2) is 6.23. The van der Waals surface area contributed by atoms with E-state index in [4.69, 9.17) is 0 Å². The van der Waals surface area contributed by atoms with Crippen LogP contribution in [0.15, 0.2) is 42.6 Å². The maximum atomic E-state index is 4.62. The Morgan fingerprint density at radius 1 is 1.20 bits per heavy atom. The van der Waals surface area contributed by atoms with E-state index in [1.807, 2.05) is 29.1 Å². The van der Waals surface area contributed by atoms with Gasteiger partial charge in [0.2, 0.25) is 0 Å². The zero-order valence-electron chi connectivity index (χ0n) is 12.1. The number of benzene rings is 1. The molecule has 0 bridgehead atoms. The van der Waals surface area contributed by atoms with Crippen molar-refractivity contribution in [2.75, 3.05) is 6.54 Å². The number of aromatic nitrogens is 2. The third kappa shape index (κ3) is 3.10. The Morgan fingerprint density at radius 3 is 2.80 bits per heavy atom. The molecular formula is C17H23N3. The van der Waals surface area contributed by atoms with E-state index in [-0.39, 0.29) is 0 Å². The van der Waals surface area contributed by atoms with Crippen molar-refractivity contribution in [2.24, 2.45) is 11.8 Å². The molecule has 20 heavy (non-hydrogen) atoms. The number of hydrogen-bond donors (Lipinski definition) is 1. The fourth-order valence-corrected chi connectivity index (χ4v) is 3.09. The van der Waals surface area contributed by atoms with Gasteiger partial charge in [0.25, 0.3) is 0 Å². The molecule has 3 rings (SSSR count). The van der Waals surface area contributed by atoms with Gasteiger partial charge in [-0.3, -0.25) is 0 Å². The number of para-hydroxylation sites is 1. The van der Waals surface area contributed by atoms with Crippen molar-refractivity contribution < 1.29 is 0 Å². The van der Waals surface area contributed by atoms with E-state index in [2.05, 4.69) is 35.5 Å². The normalized spacial score (nSPS) is 22.2. The van der Waals surface area contributed by atoms with Crippen LogP contribution in [0.3, 0.4) is 0 Å². The average molecular weight is 269 g/mol. The lowest BCUT2D eigenvalue weighted by atomic mass is 9.98. The highest BCUT2D eigenvalue weighted by Gasteiger charge is 2.22. The summed E-state index contributed by atoms with van der Waals surface area (Å²) in [5.74, 6) is 1.73. The van der Waals surface area contributed by atoms with Gasteiger partial charge < -0.3 is 5.32 Å². The maximum Gasteiger partial charge on any atom is 0.0766 e. The monoisotopic (exact) mass is 269 g/mol. The Hall–Kier alpha value is -1.61. The van der Waals surface area contributed by atoms with Crippen LogP contribution >= 0.6 is 0 Å². The lowest BCUT2D eigenvalue weighted by molar-refractivity contribution is 0.391. The summed E-state index contributed by atoms with van der Waals surface area (Å²) in [6.07, 6.45) is 6.21. The Kier molecular flexibility index (Phi) is 4.16. The Bertz CT molecular complexity index is 532. The van der Waals surface area contributed by atoms with Gasteiger partial charge >= 0.3 is 0 Å². The SMILES string of the molecule is CC1CCCC1CNCc1ccn(-c2ccccc2)n1. The quantitative estimate of drug-likeness (QED) is 0.901. The number of nitrogens with zero attached hydrogens (tertiary/aromatic N) is 2. The summed E-state index contributed by atoms with van der Waals surface area (Å²) in [6.45, 7) is 4.37. The minimum Gasteiger partial charge on any atom is -0.311 e. The first-order chi connectivity index (χ1) is 9.83. The topological polar surface area (TPSA) is 29.9 Å². The van der Waals surface area contributed by atoms with Crippen LogP contribution in [0.4, 0.5) is 0 Å². The van der Waals surface area contributed by atoms with Crippen molar-refractivity contribution in [3.8, 4) is 5.69 Å².